The summed E-state index contributed by atoms with van der Waals surface area (Å²) in [5.74, 6) is -4.47. The Hall–Kier alpha value is -2.76. The van der Waals surface area contributed by atoms with Crippen LogP contribution in [0.2, 0.25) is 0 Å². The molecule has 2 aromatic carbocycles. The third-order valence-electron chi connectivity index (χ3n) is 4.33. The molecule has 2 rings (SSSR count). The van der Waals surface area contributed by atoms with E-state index in [1.54, 1.807) is 30.3 Å². The summed E-state index contributed by atoms with van der Waals surface area (Å²) in [5.41, 5.74) is -1.17. The number of aliphatic carboxylic acids is 1. The van der Waals surface area contributed by atoms with Gasteiger partial charge in [0.15, 0.2) is 0 Å². The molecular formula is C19H19F2NO3. The van der Waals surface area contributed by atoms with E-state index < -0.39 is 34.8 Å². The molecule has 4 nitrogen and oxygen atoms in total. The Labute approximate surface area is 144 Å². The van der Waals surface area contributed by atoms with Crippen LogP contribution in [-0.4, -0.2) is 23.5 Å². The standard InChI is InChI=1S/C19H19F2NO3/c1-12(16-14(20)9-6-10-15(16)21)17(23)22-11-19(2,18(24)25)13-7-4-3-5-8-13/h3-10,12H,11H2,1-2H3,(H,22,23)(H,24,25). The van der Waals surface area contributed by atoms with Crippen LogP contribution in [0, 0.1) is 11.6 Å². The van der Waals surface area contributed by atoms with Gasteiger partial charge in [0.25, 0.3) is 0 Å². The summed E-state index contributed by atoms with van der Waals surface area (Å²) >= 11 is 0. The van der Waals surface area contributed by atoms with Gasteiger partial charge in [-0.25, -0.2) is 8.78 Å². The van der Waals surface area contributed by atoms with Crippen LogP contribution in [0.5, 0.6) is 0 Å². The molecular weight excluding hydrogens is 328 g/mol. The first-order chi connectivity index (χ1) is 11.8. The van der Waals surface area contributed by atoms with Gasteiger partial charge in [-0.3, -0.25) is 9.59 Å². The molecule has 0 fully saturated rings. The summed E-state index contributed by atoms with van der Waals surface area (Å²) in [4.78, 5) is 24.0. The number of carboxylic acids is 1. The van der Waals surface area contributed by atoms with E-state index in [0.29, 0.717) is 5.56 Å². The van der Waals surface area contributed by atoms with Crippen LogP contribution in [0.15, 0.2) is 48.5 Å². The zero-order valence-electron chi connectivity index (χ0n) is 13.9. The first kappa shape index (κ1) is 18.6. The van der Waals surface area contributed by atoms with E-state index in [1.165, 1.54) is 19.9 Å². The highest BCUT2D eigenvalue weighted by molar-refractivity contribution is 5.86. The van der Waals surface area contributed by atoms with Gasteiger partial charge in [0, 0.05) is 12.1 Å². The quantitative estimate of drug-likeness (QED) is 0.843. The number of hydrogen-bond donors (Lipinski definition) is 2. The number of rotatable bonds is 6. The Morgan fingerprint density at radius 2 is 1.64 bits per heavy atom. The minimum absolute atomic E-state index is 0.203. The van der Waals surface area contributed by atoms with Crippen molar-refractivity contribution in [3.8, 4) is 0 Å². The maximum absolute atomic E-state index is 13.8. The van der Waals surface area contributed by atoms with Crippen molar-refractivity contribution >= 4 is 11.9 Å². The molecule has 25 heavy (non-hydrogen) atoms. The van der Waals surface area contributed by atoms with Crippen molar-refractivity contribution in [2.75, 3.05) is 6.54 Å². The molecule has 0 spiro atoms. The molecule has 0 bridgehead atoms. The van der Waals surface area contributed by atoms with Gasteiger partial charge >= 0.3 is 5.97 Å². The Morgan fingerprint density at radius 1 is 1.08 bits per heavy atom. The zero-order valence-corrected chi connectivity index (χ0v) is 13.9. The summed E-state index contributed by atoms with van der Waals surface area (Å²) in [6, 6.07) is 11.8. The molecule has 2 atom stereocenters. The number of carbonyl (C=O) groups excluding carboxylic acids is 1. The van der Waals surface area contributed by atoms with Crippen LogP contribution in [0.1, 0.15) is 30.9 Å². The van der Waals surface area contributed by atoms with Gasteiger partial charge in [0.2, 0.25) is 5.91 Å². The average molecular weight is 347 g/mol. The Bertz CT molecular complexity index is 759. The van der Waals surface area contributed by atoms with Crippen LogP contribution < -0.4 is 5.32 Å². The molecule has 1 amide bonds. The predicted molar refractivity (Wildman–Crippen MR) is 89.2 cm³/mol. The van der Waals surface area contributed by atoms with E-state index >= 15 is 0 Å². The van der Waals surface area contributed by atoms with Gasteiger partial charge in [0.1, 0.15) is 17.0 Å². The SMILES string of the molecule is CC(C(=O)NCC(C)(C(=O)O)c1ccccc1)c1c(F)cccc1F. The van der Waals surface area contributed by atoms with Crippen LogP contribution >= 0.6 is 0 Å². The summed E-state index contributed by atoms with van der Waals surface area (Å²) in [6.45, 7) is 2.66. The van der Waals surface area contributed by atoms with Gasteiger partial charge in [-0.05, 0) is 31.5 Å². The molecule has 0 saturated carbocycles. The zero-order chi connectivity index (χ0) is 18.6. The molecule has 2 unspecified atom stereocenters. The lowest BCUT2D eigenvalue weighted by atomic mass is 9.82. The van der Waals surface area contributed by atoms with Crippen LogP contribution in [0.25, 0.3) is 0 Å². The molecule has 0 aromatic heterocycles. The van der Waals surface area contributed by atoms with Crippen LogP contribution in [0.3, 0.4) is 0 Å². The van der Waals surface area contributed by atoms with Crippen molar-refractivity contribution in [2.24, 2.45) is 0 Å². The fourth-order valence-corrected chi connectivity index (χ4v) is 2.58. The average Bonchev–Trinajstić information content (AvgIpc) is 2.59. The first-order valence-corrected chi connectivity index (χ1v) is 7.78. The highest BCUT2D eigenvalue weighted by Gasteiger charge is 2.36. The molecule has 0 heterocycles. The van der Waals surface area contributed by atoms with Crippen molar-refractivity contribution in [1.82, 2.24) is 5.32 Å². The number of amides is 1. The number of benzene rings is 2. The molecule has 0 radical (unpaired) electrons. The monoisotopic (exact) mass is 347 g/mol. The van der Waals surface area contributed by atoms with Crippen molar-refractivity contribution in [1.29, 1.82) is 0 Å². The lowest BCUT2D eigenvalue weighted by Crippen LogP contribution is -2.45. The summed E-state index contributed by atoms with van der Waals surface area (Å²) in [6.07, 6.45) is 0. The van der Waals surface area contributed by atoms with Crippen LogP contribution in [-0.2, 0) is 15.0 Å². The molecule has 2 N–H and O–H groups in total. The smallest absolute Gasteiger partial charge is 0.315 e. The van der Waals surface area contributed by atoms with Crippen molar-refractivity contribution in [3.63, 3.8) is 0 Å². The lowest BCUT2D eigenvalue weighted by Gasteiger charge is -2.26. The fraction of sp³-hybridized carbons (Fsp3) is 0.263. The molecule has 0 aliphatic rings. The topological polar surface area (TPSA) is 66.4 Å². The Balaban J connectivity index is 2.18. The van der Waals surface area contributed by atoms with E-state index in [-0.39, 0.29) is 12.1 Å². The van der Waals surface area contributed by atoms with E-state index in [4.69, 9.17) is 0 Å². The summed E-state index contributed by atoms with van der Waals surface area (Å²) in [7, 11) is 0. The molecule has 2 aromatic rings. The molecule has 132 valence electrons. The Morgan fingerprint density at radius 3 is 2.16 bits per heavy atom. The second-order valence-electron chi connectivity index (χ2n) is 6.08. The molecule has 0 aliphatic heterocycles. The highest BCUT2D eigenvalue weighted by atomic mass is 19.1. The van der Waals surface area contributed by atoms with Gasteiger partial charge in [0.05, 0.1) is 5.92 Å². The maximum Gasteiger partial charge on any atom is 0.315 e. The highest BCUT2D eigenvalue weighted by Crippen LogP contribution is 2.25. The number of hydrogen-bond acceptors (Lipinski definition) is 2. The minimum Gasteiger partial charge on any atom is -0.481 e. The van der Waals surface area contributed by atoms with Gasteiger partial charge in [-0.2, -0.15) is 0 Å². The predicted octanol–water partition coefficient (Wildman–Crippen LogP) is 3.23. The second kappa shape index (κ2) is 7.42. The van der Waals surface area contributed by atoms with Gasteiger partial charge < -0.3 is 10.4 Å². The molecule has 6 heteroatoms. The van der Waals surface area contributed by atoms with E-state index in [1.807, 2.05) is 0 Å². The lowest BCUT2D eigenvalue weighted by molar-refractivity contribution is -0.143. The number of nitrogens with one attached hydrogen (secondary N) is 1. The third kappa shape index (κ3) is 3.84. The van der Waals surface area contributed by atoms with Gasteiger partial charge in [-0.1, -0.05) is 36.4 Å². The number of carbonyl (C=O) groups is 2. The fourth-order valence-electron chi connectivity index (χ4n) is 2.58. The largest absolute Gasteiger partial charge is 0.481 e. The minimum atomic E-state index is -1.36. The maximum atomic E-state index is 13.8. The normalized spacial score (nSPS) is 14.4. The molecule has 0 aliphatic carbocycles. The van der Waals surface area contributed by atoms with Crippen molar-refractivity contribution in [3.05, 3.63) is 71.3 Å². The number of carboxylic acid groups (broad SMARTS) is 1. The van der Waals surface area contributed by atoms with E-state index in [2.05, 4.69) is 5.32 Å². The Kier molecular flexibility index (Phi) is 5.51. The van der Waals surface area contributed by atoms with Crippen molar-refractivity contribution < 1.29 is 23.5 Å². The molecule has 0 saturated heterocycles. The number of halogens is 2. The first-order valence-electron chi connectivity index (χ1n) is 7.78. The third-order valence-corrected chi connectivity index (χ3v) is 4.33. The van der Waals surface area contributed by atoms with Crippen molar-refractivity contribution in [2.45, 2.75) is 25.2 Å². The van der Waals surface area contributed by atoms with Crippen LogP contribution in [0.4, 0.5) is 8.78 Å². The van der Waals surface area contributed by atoms with E-state index in [9.17, 15) is 23.5 Å². The van der Waals surface area contributed by atoms with E-state index in [0.717, 1.165) is 12.1 Å². The van der Waals surface area contributed by atoms with Gasteiger partial charge in [-0.15, -0.1) is 0 Å². The summed E-state index contributed by atoms with van der Waals surface area (Å²) in [5, 5.41) is 12.1. The summed E-state index contributed by atoms with van der Waals surface area (Å²) < 4.78 is 27.6. The second-order valence-corrected chi connectivity index (χ2v) is 6.08.